The predicted octanol–water partition coefficient (Wildman–Crippen LogP) is 4.89. The molecule has 2 saturated heterocycles. The molecular weight excluding hydrogens is 483 g/mol. The van der Waals surface area contributed by atoms with E-state index in [0.717, 1.165) is 44.5 Å². The first-order valence-electron chi connectivity index (χ1n) is 12.8. The molecule has 37 heavy (non-hydrogen) atoms. The van der Waals surface area contributed by atoms with Gasteiger partial charge in [0.1, 0.15) is 6.33 Å². The third-order valence-electron chi connectivity index (χ3n) is 8.14. The van der Waals surface area contributed by atoms with Gasteiger partial charge in [-0.3, -0.25) is 19.6 Å². The molecule has 202 valence electrons. The first kappa shape index (κ1) is 27.3. The van der Waals surface area contributed by atoms with Crippen molar-refractivity contribution in [3.8, 4) is 0 Å². The second-order valence-corrected chi connectivity index (χ2v) is 10.5. The van der Waals surface area contributed by atoms with Gasteiger partial charge in [0, 0.05) is 31.7 Å². The van der Waals surface area contributed by atoms with E-state index in [0.29, 0.717) is 35.7 Å². The van der Waals surface area contributed by atoms with Gasteiger partial charge >= 0.3 is 6.18 Å². The summed E-state index contributed by atoms with van der Waals surface area (Å²) in [6.07, 6.45) is -0.309. The van der Waals surface area contributed by atoms with Crippen LogP contribution < -0.4 is 5.06 Å². The number of hydroxylamine groups is 1. The Morgan fingerprint density at radius 2 is 1.68 bits per heavy atom. The normalized spacial score (nSPS) is 22.6. The van der Waals surface area contributed by atoms with Crippen LogP contribution in [0.4, 0.5) is 18.9 Å². The fourth-order valence-corrected chi connectivity index (χ4v) is 5.77. The highest BCUT2D eigenvalue weighted by atomic mass is 19.4. The Labute approximate surface area is 216 Å². The summed E-state index contributed by atoms with van der Waals surface area (Å²) in [5.41, 5.74) is 1.94. The van der Waals surface area contributed by atoms with E-state index in [4.69, 9.17) is 4.84 Å². The van der Waals surface area contributed by atoms with Crippen LogP contribution in [0.1, 0.15) is 60.4 Å². The van der Waals surface area contributed by atoms with Crippen molar-refractivity contribution in [3.05, 3.63) is 53.1 Å². The van der Waals surface area contributed by atoms with E-state index >= 15 is 0 Å². The first-order chi connectivity index (χ1) is 17.4. The van der Waals surface area contributed by atoms with Crippen molar-refractivity contribution in [2.24, 2.45) is 5.92 Å². The summed E-state index contributed by atoms with van der Waals surface area (Å²) < 4.78 is 39.0. The number of likely N-dealkylation sites (tertiary alicyclic amines) is 2. The van der Waals surface area contributed by atoms with E-state index in [-0.39, 0.29) is 23.4 Å². The van der Waals surface area contributed by atoms with Crippen molar-refractivity contribution in [3.63, 3.8) is 0 Å². The number of carbonyl (C=O) groups excluding carboxylic acids is 1. The molecule has 0 N–H and O–H groups in total. The van der Waals surface area contributed by atoms with Gasteiger partial charge in [-0.25, -0.2) is 9.97 Å². The lowest BCUT2D eigenvalue weighted by Crippen LogP contribution is -2.60. The molecule has 0 bridgehead atoms. The molecule has 10 heteroatoms. The van der Waals surface area contributed by atoms with Gasteiger partial charge in [0.25, 0.3) is 5.91 Å². The monoisotopic (exact) mass is 519 g/mol. The van der Waals surface area contributed by atoms with Gasteiger partial charge in [0.05, 0.1) is 41.4 Å². The molecule has 1 unspecified atom stereocenters. The molecular formula is C27H36F3N5O2. The first-order valence-corrected chi connectivity index (χ1v) is 12.8. The van der Waals surface area contributed by atoms with Crippen molar-refractivity contribution < 1.29 is 22.8 Å². The average molecular weight is 520 g/mol. The molecule has 1 amide bonds. The SMILES string of the molecule is CON(c1ccc(C(F)(F)F)cc1)C1CCN(C2(C)CCN(C(=O)c3c(C)ncnc3C)CC2)C[C@@H]1C. The fraction of sp³-hybridized carbons (Fsp3) is 0.593. The largest absolute Gasteiger partial charge is 0.416 e. The molecule has 0 radical (unpaired) electrons. The van der Waals surface area contributed by atoms with Gasteiger partial charge in [-0.05, 0) is 70.2 Å². The maximum Gasteiger partial charge on any atom is 0.416 e. The van der Waals surface area contributed by atoms with E-state index in [1.54, 1.807) is 12.2 Å². The van der Waals surface area contributed by atoms with Crippen LogP contribution >= 0.6 is 0 Å². The van der Waals surface area contributed by atoms with Gasteiger partial charge < -0.3 is 4.90 Å². The lowest BCUT2D eigenvalue weighted by atomic mass is 9.83. The number of anilines is 1. The minimum atomic E-state index is -4.36. The lowest BCUT2D eigenvalue weighted by molar-refractivity contribution is -0.137. The third kappa shape index (κ3) is 5.60. The number of aromatic nitrogens is 2. The maximum atomic E-state index is 13.2. The number of alkyl halides is 3. The Morgan fingerprint density at radius 1 is 1.08 bits per heavy atom. The molecule has 0 saturated carbocycles. The minimum absolute atomic E-state index is 0.00277. The van der Waals surface area contributed by atoms with Crippen LogP contribution in [0.5, 0.6) is 0 Å². The number of hydrogen-bond donors (Lipinski definition) is 0. The summed E-state index contributed by atoms with van der Waals surface area (Å²) in [6, 6.07) is 5.19. The summed E-state index contributed by atoms with van der Waals surface area (Å²) >= 11 is 0. The van der Waals surface area contributed by atoms with E-state index < -0.39 is 11.7 Å². The molecule has 1 aromatic carbocycles. The molecule has 0 aliphatic carbocycles. The molecule has 2 aliphatic heterocycles. The number of benzene rings is 1. The summed E-state index contributed by atoms with van der Waals surface area (Å²) in [5, 5.41) is 1.75. The quantitative estimate of drug-likeness (QED) is 0.525. The number of amides is 1. The van der Waals surface area contributed by atoms with E-state index in [9.17, 15) is 18.0 Å². The van der Waals surface area contributed by atoms with Crippen LogP contribution in [0.25, 0.3) is 0 Å². The highest BCUT2D eigenvalue weighted by molar-refractivity contribution is 5.96. The molecule has 2 aromatic rings. The van der Waals surface area contributed by atoms with Crippen LogP contribution in [0.3, 0.4) is 0 Å². The molecule has 1 aromatic heterocycles. The van der Waals surface area contributed by atoms with Crippen molar-refractivity contribution in [2.75, 3.05) is 38.4 Å². The van der Waals surface area contributed by atoms with Gasteiger partial charge in [-0.2, -0.15) is 13.2 Å². The summed E-state index contributed by atoms with van der Waals surface area (Å²) in [5.74, 6) is 0.233. The van der Waals surface area contributed by atoms with Gasteiger partial charge in [0.2, 0.25) is 0 Å². The summed E-state index contributed by atoms with van der Waals surface area (Å²) in [6.45, 7) is 11.2. The second kappa shape index (κ2) is 10.6. The number of piperidine rings is 2. The van der Waals surface area contributed by atoms with Crippen LogP contribution in [-0.2, 0) is 11.0 Å². The molecule has 2 aliphatic rings. The van der Waals surface area contributed by atoms with Crippen LogP contribution in [0.2, 0.25) is 0 Å². The zero-order valence-corrected chi connectivity index (χ0v) is 22.2. The smallest absolute Gasteiger partial charge is 0.338 e. The Hall–Kier alpha value is -2.72. The van der Waals surface area contributed by atoms with Crippen LogP contribution in [-0.4, -0.2) is 70.5 Å². The Bertz CT molecular complexity index is 1080. The zero-order chi connectivity index (χ0) is 27.0. The lowest BCUT2D eigenvalue weighted by Gasteiger charge is -2.52. The third-order valence-corrected chi connectivity index (χ3v) is 8.14. The molecule has 2 atom stereocenters. The Morgan fingerprint density at radius 3 is 2.19 bits per heavy atom. The molecule has 4 rings (SSSR count). The molecule has 3 heterocycles. The van der Waals surface area contributed by atoms with Crippen molar-refractivity contribution in [2.45, 2.75) is 64.7 Å². The zero-order valence-electron chi connectivity index (χ0n) is 22.2. The molecule has 7 nitrogen and oxygen atoms in total. The summed E-state index contributed by atoms with van der Waals surface area (Å²) in [7, 11) is 1.56. The number of hydrogen-bond acceptors (Lipinski definition) is 6. The number of carbonyl (C=O) groups is 1. The van der Waals surface area contributed by atoms with Crippen molar-refractivity contribution >= 4 is 11.6 Å². The predicted molar refractivity (Wildman–Crippen MR) is 135 cm³/mol. The standard InChI is InChI=1S/C27H36F3N5O2/c1-18-16-34(13-10-23(18)35(37-5)22-8-6-21(7-9-22)27(28,29)30)26(4)11-14-33(15-12-26)25(36)24-19(2)31-17-32-20(24)3/h6-9,17-18,23H,10-16H2,1-5H3/t18-,23?/m0/s1. The highest BCUT2D eigenvalue weighted by Crippen LogP contribution is 2.36. The molecule has 2 fully saturated rings. The van der Waals surface area contributed by atoms with Gasteiger partial charge in [-0.1, -0.05) is 6.92 Å². The topological polar surface area (TPSA) is 61.8 Å². The van der Waals surface area contributed by atoms with Crippen LogP contribution in [0.15, 0.2) is 30.6 Å². The molecule has 0 spiro atoms. The number of rotatable bonds is 5. The number of nitrogens with zero attached hydrogens (tertiary/aromatic N) is 5. The van der Waals surface area contributed by atoms with Crippen LogP contribution in [0, 0.1) is 19.8 Å². The highest BCUT2D eigenvalue weighted by Gasteiger charge is 2.42. The van der Waals surface area contributed by atoms with Crippen molar-refractivity contribution in [1.29, 1.82) is 0 Å². The minimum Gasteiger partial charge on any atom is -0.338 e. The van der Waals surface area contributed by atoms with Gasteiger partial charge in [-0.15, -0.1) is 0 Å². The summed E-state index contributed by atoms with van der Waals surface area (Å²) in [4.78, 5) is 31.7. The average Bonchev–Trinajstić information content (AvgIpc) is 2.85. The van der Waals surface area contributed by atoms with Gasteiger partial charge in [0.15, 0.2) is 0 Å². The second-order valence-electron chi connectivity index (χ2n) is 10.5. The Balaban J connectivity index is 1.38. The van der Waals surface area contributed by atoms with E-state index in [1.165, 1.54) is 18.5 Å². The number of halogens is 3. The van der Waals surface area contributed by atoms with E-state index in [2.05, 4.69) is 28.7 Å². The fourth-order valence-electron chi connectivity index (χ4n) is 5.77. The Kier molecular flexibility index (Phi) is 7.80. The van der Waals surface area contributed by atoms with Crippen molar-refractivity contribution in [1.82, 2.24) is 19.8 Å². The maximum absolute atomic E-state index is 13.2. The van der Waals surface area contributed by atoms with E-state index in [1.807, 2.05) is 18.7 Å². The number of aryl methyl sites for hydroxylation is 2.